The average molecular weight is 489 g/mol. The number of thioether (sulfide) groups is 1. The highest BCUT2D eigenvalue weighted by Gasteiger charge is 2.19. The number of aromatic nitrogens is 3. The lowest BCUT2D eigenvalue weighted by molar-refractivity contribution is -0.113. The monoisotopic (exact) mass is 488 g/mol. The van der Waals surface area contributed by atoms with E-state index in [0.717, 1.165) is 17.8 Å². The van der Waals surface area contributed by atoms with Gasteiger partial charge < -0.3 is 19.4 Å². The van der Waals surface area contributed by atoms with E-state index in [2.05, 4.69) is 33.9 Å². The molecule has 0 saturated heterocycles. The maximum atomic E-state index is 12.7. The quantitative estimate of drug-likeness (QED) is 0.357. The van der Waals surface area contributed by atoms with Crippen molar-refractivity contribution in [2.24, 2.45) is 0 Å². The van der Waals surface area contributed by atoms with E-state index in [1.807, 2.05) is 11.5 Å². The molecule has 3 aromatic rings. The third kappa shape index (κ3) is 5.60. The number of nitrogens with one attached hydrogen (secondary N) is 1. The number of thiophene rings is 1. The number of methoxy groups -OCH3 is 2. The molecule has 0 bridgehead atoms. The summed E-state index contributed by atoms with van der Waals surface area (Å²) in [6.45, 7) is 4.74. The van der Waals surface area contributed by atoms with Crippen LogP contribution in [-0.2, 0) is 27.2 Å². The number of rotatable bonds is 9. The van der Waals surface area contributed by atoms with Crippen LogP contribution in [-0.4, -0.2) is 52.6 Å². The van der Waals surface area contributed by atoms with Gasteiger partial charge in [-0.1, -0.05) is 18.7 Å². The zero-order valence-corrected chi connectivity index (χ0v) is 20.3. The Labute approximate surface area is 199 Å². The van der Waals surface area contributed by atoms with Gasteiger partial charge in [0.2, 0.25) is 5.91 Å². The van der Waals surface area contributed by atoms with Crippen molar-refractivity contribution in [1.29, 1.82) is 0 Å². The summed E-state index contributed by atoms with van der Waals surface area (Å²) in [6.07, 6.45) is 0.956. The summed E-state index contributed by atoms with van der Waals surface area (Å²) in [7, 11) is 2.49. The van der Waals surface area contributed by atoms with Gasteiger partial charge in [0.1, 0.15) is 0 Å². The van der Waals surface area contributed by atoms with Gasteiger partial charge in [0.05, 0.1) is 36.8 Å². The molecule has 0 atom stereocenters. The first-order valence-corrected chi connectivity index (χ1v) is 12.0. The first kappa shape index (κ1) is 24.5. The maximum absolute atomic E-state index is 12.7. The van der Waals surface area contributed by atoms with Crippen LogP contribution >= 0.6 is 23.1 Å². The number of aryl methyl sites for hydroxylation is 1. The van der Waals surface area contributed by atoms with Gasteiger partial charge in [-0.25, -0.2) is 9.59 Å². The summed E-state index contributed by atoms with van der Waals surface area (Å²) in [6, 6.07) is 6.33. The minimum absolute atomic E-state index is 0.0328. The molecule has 0 aliphatic heterocycles. The molecule has 0 saturated carbocycles. The normalized spacial score (nSPS) is 10.7. The van der Waals surface area contributed by atoms with Gasteiger partial charge in [0.15, 0.2) is 11.0 Å². The van der Waals surface area contributed by atoms with Crippen LogP contribution in [0.4, 0.5) is 5.69 Å². The van der Waals surface area contributed by atoms with Crippen molar-refractivity contribution >= 4 is 46.6 Å². The summed E-state index contributed by atoms with van der Waals surface area (Å²) in [4.78, 5) is 37.9. The van der Waals surface area contributed by atoms with Crippen LogP contribution in [0.15, 0.2) is 34.8 Å². The van der Waals surface area contributed by atoms with Crippen molar-refractivity contribution in [2.75, 3.05) is 25.3 Å². The molecule has 0 spiro atoms. The summed E-state index contributed by atoms with van der Waals surface area (Å²) in [5.74, 6) is -0.796. The van der Waals surface area contributed by atoms with E-state index in [0.29, 0.717) is 11.7 Å². The van der Waals surface area contributed by atoms with Crippen LogP contribution < -0.4 is 5.32 Å². The number of carbonyl (C=O) groups excluding carboxylic acids is 3. The standard InChI is InChI=1S/C22H24N4O5S2/c1-5-15-9-14(11-32-15)19-24-25-22(26(19)6-2)33-12-18(27)23-17-10-13(20(28)30-3)7-8-16(17)21(29)31-4/h7-11H,5-6,12H2,1-4H3,(H,23,27). The Kier molecular flexibility index (Phi) is 8.23. The molecule has 1 aromatic carbocycles. The Morgan fingerprint density at radius 3 is 2.48 bits per heavy atom. The van der Waals surface area contributed by atoms with Crippen molar-refractivity contribution in [3.63, 3.8) is 0 Å². The van der Waals surface area contributed by atoms with E-state index >= 15 is 0 Å². The van der Waals surface area contributed by atoms with Crippen molar-refractivity contribution in [3.05, 3.63) is 45.6 Å². The number of benzene rings is 1. The molecule has 0 unspecified atom stereocenters. The molecule has 0 aliphatic carbocycles. The van der Waals surface area contributed by atoms with Gasteiger partial charge in [-0.2, -0.15) is 0 Å². The minimum Gasteiger partial charge on any atom is -0.465 e. The second-order valence-corrected chi connectivity index (χ2v) is 8.72. The fourth-order valence-electron chi connectivity index (χ4n) is 3.07. The molecule has 2 heterocycles. The van der Waals surface area contributed by atoms with Gasteiger partial charge in [-0.3, -0.25) is 4.79 Å². The highest BCUT2D eigenvalue weighted by atomic mass is 32.2. The Morgan fingerprint density at radius 1 is 1.09 bits per heavy atom. The van der Waals surface area contributed by atoms with Gasteiger partial charge in [0, 0.05) is 22.4 Å². The number of esters is 2. The zero-order valence-electron chi connectivity index (χ0n) is 18.7. The van der Waals surface area contributed by atoms with Crippen LogP contribution in [0, 0.1) is 0 Å². The molecule has 11 heteroatoms. The average Bonchev–Trinajstić information content (AvgIpc) is 3.48. The lowest BCUT2D eigenvalue weighted by Gasteiger charge is -2.11. The highest BCUT2D eigenvalue weighted by Crippen LogP contribution is 2.28. The van der Waals surface area contributed by atoms with Crippen molar-refractivity contribution in [1.82, 2.24) is 14.8 Å². The van der Waals surface area contributed by atoms with Gasteiger partial charge >= 0.3 is 11.9 Å². The molecule has 0 radical (unpaired) electrons. The van der Waals surface area contributed by atoms with Crippen molar-refractivity contribution < 1.29 is 23.9 Å². The Hall–Kier alpha value is -3.18. The third-order valence-electron chi connectivity index (χ3n) is 4.75. The molecule has 1 N–H and O–H groups in total. The van der Waals surface area contributed by atoms with E-state index in [4.69, 9.17) is 9.47 Å². The topological polar surface area (TPSA) is 112 Å². The summed E-state index contributed by atoms with van der Waals surface area (Å²) < 4.78 is 11.4. The summed E-state index contributed by atoms with van der Waals surface area (Å²) in [5.41, 5.74) is 1.50. The number of hydrogen-bond acceptors (Lipinski definition) is 9. The van der Waals surface area contributed by atoms with E-state index in [1.165, 1.54) is 49.1 Å². The van der Waals surface area contributed by atoms with E-state index < -0.39 is 11.9 Å². The molecule has 3 rings (SSSR count). The molecule has 1 amide bonds. The van der Waals surface area contributed by atoms with Crippen LogP contribution in [0.1, 0.15) is 39.4 Å². The van der Waals surface area contributed by atoms with Gasteiger partial charge in [-0.05, 0) is 37.6 Å². The van der Waals surface area contributed by atoms with E-state index in [9.17, 15) is 14.4 Å². The number of nitrogens with zero attached hydrogens (tertiary/aromatic N) is 3. The lowest BCUT2D eigenvalue weighted by atomic mass is 10.1. The van der Waals surface area contributed by atoms with Gasteiger partial charge in [0.25, 0.3) is 0 Å². The fourth-order valence-corrected chi connectivity index (χ4v) is 4.69. The predicted octanol–water partition coefficient (Wildman–Crippen LogP) is 3.89. The molecule has 174 valence electrons. The second kappa shape index (κ2) is 11.1. The molecular formula is C22H24N4O5S2. The SMILES string of the molecule is CCc1cc(-c2nnc(SCC(=O)Nc3cc(C(=O)OC)ccc3C(=O)OC)n2CC)cs1. The second-order valence-electron chi connectivity index (χ2n) is 6.79. The number of anilines is 1. The van der Waals surface area contributed by atoms with E-state index in [-0.39, 0.29) is 28.5 Å². The number of carbonyl (C=O) groups is 3. The van der Waals surface area contributed by atoms with Gasteiger partial charge in [-0.15, -0.1) is 21.5 Å². The molecule has 0 aliphatic rings. The molecular weight excluding hydrogens is 464 g/mol. The molecule has 2 aromatic heterocycles. The van der Waals surface area contributed by atoms with Crippen LogP contribution in [0.25, 0.3) is 11.4 Å². The first-order chi connectivity index (χ1) is 15.9. The van der Waals surface area contributed by atoms with E-state index in [1.54, 1.807) is 11.3 Å². The maximum Gasteiger partial charge on any atom is 0.339 e. The number of ether oxygens (including phenoxy) is 2. The fraction of sp³-hybridized carbons (Fsp3) is 0.318. The Bertz CT molecular complexity index is 1170. The molecule has 9 nitrogen and oxygen atoms in total. The molecule has 33 heavy (non-hydrogen) atoms. The minimum atomic E-state index is -0.632. The number of amides is 1. The molecule has 0 fully saturated rings. The summed E-state index contributed by atoms with van der Waals surface area (Å²) in [5, 5.41) is 13.9. The third-order valence-corrected chi connectivity index (χ3v) is 6.79. The van der Waals surface area contributed by atoms with Crippen LogP contribution in [0.2, 0.25) is 0 Å². The Morgan fingerprint density at radius 2 is 1.85 bits per heavy atom. The number of hydrogen-bond donors (Lipinski definition) is 1. The largest absolute Gasteiger partial charge is 0.465 e. The predicted molar refractivity (Wildman–Crippen MR) is 127 cm³/mol. The smallest absolute Gasteiger partial charge is 0.339 e. The Balaban J connectivity index is 1.75. The highest BCUT2D eigenvalue weighted by molar-refractivity contribution is 7.99. The summed E-state index contributed by atoms with van der Waals surface area (Å²) >= 11 is 2.91. The lowest BCUT2D eigenvalue weighted by Crippen LogP contribution is -2.18. The van der Waals surface area contributed by atoms with Crippen molar-refractivity contribution in [3.8, 4) is 11.4 Å². The van der Waals surface area contributed by atoms with Crippen LogP contribution in [0.3, 0.4) is 0 Å². The van der Waals surface area contributed by atoms with Crippen molar-refractivity contribution in [2.45, 2.75) is 32.0 Å². The van der Waals surface area contributed by atoms with Crippen LogP contribution in [0.5, 0.6) is 0 Å². The zero-order chi connectivity index (χ0) is 24.0. The first-order valence-electron chi connectivity index (χ1n) is 10.2.